The molecular formula is C10H18O3S5. The molecule has 0 aromatic carbocycles. The molecule has 3 unspecified atom stereocenters. The van der Waals surface area contributed by atoms with Gasteiger partial charge in [0.15, 0.2) is 4.08 Å². The Kier molecular flexibility index (Phi) is 5.57. The van der Waals surface area contributed by atoms with Crippen LogP contribution >= 0.6 is 47.0 Å². The molecule has 0 spiro atoms. The lowest BCUT2D eigenvalue weighted by Crippen LogP contribution is -2.51. The Labute approximate surface area is 126 Å². The molecule has 0 saturated carbocycles. The molecule has 2 rings (SSSR count). The Morgan fingerprint density at radius 3 is 2.39 bits per heavy atom. The van der Waals surface area contributed by atoms with Gasteiger partial charge in [0.2, 0.25) is 0 Å². The van der Waals surface area contributed by atoms with Gasteiger partial charge in [0, 0.05) is 33.5 Å². The molecule has 18 heavy (non-hydrogen) atoms. The summed E-state index contributed by atoms with van der Waals surface area (Å²) in [5, 5.41) is 0.0862. The maximum atomic E-state index is 12.0. The van der Waals surface area contributed by atoms with E-state index >= 15 is 0 Å². The van der Waals surface area contributed by atoms with Crippen LogP contribution in [-0.4, -0.2) is 56.3 Å². The van der Waals surface area contributed by atoms with E-state index in [9.17, 15) is 13.0 Å². The average Bonchev–Trinajstić information content (AvgIpc) is 3.14. The highest BCUT2D eigenvalue weighted by molar-refractivity contribution is 8.18. The molecule has 3 nitrogen and oxygen atoms in total. The van der Waals surface area contributed by atoms with Crippen molar-refractivity contribution >= 4 is 57.2 Å². The Morgan fingerprint density at radius 1 is 1.28 bits per heavy atom. The van der Waals surface area contributed by atoms with Gasteiger partial charge in [0.05, 0.1) is 0 Å². The van der Waals surface area contributed by atoms with Crippen LogP contribution in [0.5, 0.6) is 0 Å². The summed E-state index contributed by atoms with van der Waals surface area (Å²) in [5.74, 6) is 4.55. The van der Waals surface area contributed by atoms with Crippen LogP contribution < -0.4 is 0 Å². The summed E-state index contributed by atoms with van der Waals surface area (Å²) in [6.45, 7) is 2.05. The fourth-order valence-corrected chi connectivity index (χ4v) is 10.9. The lowest BCUT2D eigenvalue weighted by atomic mass is 10.2. The number of rotatable bonds is 6. The zero-order chi connectivity index (χ0) is 13.2. The lowest BCUT2D eigenvalue weighted by Gasteiger charge is -2.38. The molecule has 2 heterocycles. The normalized spacial score (nSPS) is 31.9. The summed E-state index contributed by atoms with van der Waals surface area (Å²) >= 11 is 6.65. The summed E-state index contributed by atoms with van der Waals surface area (Å²) in [6.07, 6.45) is 0.934. The predicted octanol–water partition coefficient (Wildman–Crippen LogP) is 2.68. The predicted molar refractivity (Wildman–Crippen MR) is 86.8 cm³/mol. The number of hydrogen-bond acceptors (Lipinski definition) is 6. The van der Waals surface area contributed by atoms with Crippen molar-refractivity contribution in [2.24, 2.45) is 0 Å². The minimum atomic E-state index is -4.03. The van der Waals surface area contributed by atoms with E-state index in [-0.39, 0.29) is 10.5 Å². The molecule has 0 amide bonds. The van der Waals surface area contributed by atoms with Crippen LogP contribution in [0.1, 0.15) is 13.3 Å². The maximum absolute atomic E-state index is 12.0. The van der Waals surface area contributed by atoms with E-state index in [0.29, 0.717) is 0 Å². The van der Waals surface area contributed by atoms with Gasteiger partial charge in [0.25, 0.3) is 10.1 Å². The SMILES string of the molecule is CCCSC(C1CSCCS1)(C1CS1)S(=O)(=O)O. The van der Waals surface area contributed by atoms with Gasteiger partial charge in [0.1, 0.15) is 0 Å². The van der Waals surface area contributed by atoms with Crippen LogP contribution in [0.25, 0.3) is 0 Å². The summed E-state index contributed by atoms with van der Waals surface area (Å²) < 4.78 is 32.9. The van der Waals surface area contributed by atoms with Gasteiger partial charge in [-0.2, -0.15) is 43.7 Å². The number of thioether (sulfide) groups is 4. The molecule has 0 radical (unpaired) electrons. The van der Waals surface area contributed by atoms with Crippen molar-refractivity contribution in [1.82, 2.24) is 0 Å². The van der Waals surface area contributed by atoms with Crippen molar-refractivity contribution in [2.45, 2.75) is 27.9 Å². The summed E-state index contributed by atoms with van der Waals surface area (Å²) in [5.41, 5.74) is 0. The Bertz CT molecular complexity index is 375. The Morgan fingerprint density at radius 2 is 1.94 bits per heavy atom. The van der Waals surface area contributed by atoms with Gasteiger partial charge < -0.3 is 0 Å². The fourth-order valence-electron chi connectivity index (χ4n) is 2.06. The van der Waals surface area contributed by atoms with Crippen molar-refractivity contribution in [2.75, 3.05) is 28.8 Å². The number of hydrogen-bond donors (Lipinski definition) is 1. The van der Waals surface area contributed by atoms with Crippen LogP contribution in [0.4, 0.5) is 0 Å². The van der Waals surface area contributed by atoms with E-state index < -0.39 is 14.2 Å². The first-order valence-electron chi connectivity index (χ1n) is 5.94. The molecule has 3 atom stereocenters. The van der Waals surface area contributed by atoms with Crippen molar-refractivity contribution in [3.05, 3.63) is 0 Å². The molecule has 0 aromatic heterocycles. The minimum Gasteiger partial charge on any atom is -0.284 e. The highest BCUT2D eigenvalue weighted by Gasteiger charge is 2.60. The largest absolute Gasteiger partial charge is 0.284 e. The van der Waals surface area contributed by atoms with Gasteiger partial charge >= 0.3 is 0 Å². The molecule has 2 fully saturated rings. The van der Waals surface area contributed by atoms with E-state index in [1.807, 2.05) is 6.92 Å². The van der Waals surface area contributed by atoms with E-state index in [1.54, 1.807) is 35.3 Å². The molecule has 2 aliphatic rings. The zero-order valence-corrected chi connectivity index (χ0v) is 14.3. The van der Waals surface area contributed by atoms with Gasteiger partial charge in [-0.25, -0.2) is 0 Å². The van der Waals surface area contributed by atoms with Crippen LogP contribution in [0.3, 0.4) is 0 Å². The quantitative estimate of drug-likeness (QED) is 0.586. The highest BCUT2D eigenvalue weighted by Crippen LogP contribution is 2.55. The average molecular weight is 347 g/mol. The first kappa shape index (κ1) is 15.7. The van der Waals surface area contributed by atoms with Crippen molar-refractivity contribution in [3.8, 4) is 0 Å². The van der Waals surface area contributed by atoms with E-state index in [4.69, 9.17) is 0 Å². The molecule has 2 aliphatic heterocycles. The third kappa shape index (κ3) is 3.14. The molecule has 2 saturated heterocycles. The highest BCUT2D eigenvalue weighted by atomic mass is 32.3. The molecule has 8 heteroatoms. The fraction of sp³-hybridized carbons (Fsp3) is 1.00. The van der Waals surface area contributed by atoms with Crippen molar-refractivity contribution < 1.29 is 13.0 Å². The monoisotopic (exact) mass is 346 g/mol. The molecule has 106 valence electrons. The zero-order valence-electron chi connectivity index (χ0n) is 10.2. The third-order valence-corrected chi connectivity index (χ3v) is 11.5. The Balaban J connectivity index is 2.28. The van der Waals surface area contributed by atoms with Gasteiger partial charge in [-0.15, -0.1) is 11.8 Å². The minimum absolute atomic E-state index is 0.0165. The van der Waals surface area contributed by atoms with Gasteiger partial charge in [-0.3, -0.25) is 4.55 Å². The molecule has 0 aliphatic carbocycles. The maximum Gasteiger partial charge on any atom is 0.282 e. The molecule has 0 aromatic rings. The third-order valence-electron chi connectivity index (χ3n) is 2.98. The molecule has 0 bridgehead atoms. The van der Waals surface area contributed by atoms with E-state index in [1.165, 1.54) is 11.8 Å². The standard InChI is InChI=1S/C10H18O3S5/c1-2-3-17-10(9-7-16-9,18(11,12)13)8-6-14-4-5-15-8/h8-9H,2-7H2,1H3,(H,11,12,13). The lowest BCUT2D eigenvalue weighted by molar-refractivity contribution is 0.460. The summed E-state index contributed by atoms with van der Waals surface area (Å²) in [4.78, 5) is 0. The Hall–Kier alpha value is 1.31. The van der Waals surface area contributed by atoms with E-state index in [0.717, 1.165) is 35.2 Å². The smallest absolute Gasteiger partial charge is 0.282 e. The van der Waals surface area contributed by atoms with Crippen LogP contribution in [0.15, 0.2) is 0 Å². The van der Waals surface area contributed by atoms with E-state index in [2.05, 4.69) is 0 Å². The molecule has 1 N–H and O–H groups in total. The molecular weight excluding hydrogens is 328 g/mol. The summed E-state index contributed by atoms with van der Waals surface area (Å²) in [7, 11) is -4.03. The van der Waals surface area contributed by atoms with Gasteiger partial charge in [-0.05, 0) is 12.2 Å². The van der Waals surface area contributed by atoms with Crippen LogP contribution in [-0.2, 0) is 10.1 Å². The van der Waals surface area contributed by atoms with Crippen LogP contribution in [0.2, 0.25) is 0 Å². The van der Waals surface area contributed by atoms with Crippen LogP contribution in [0, 0.1) is 0 Å². The first-order valence-corrected chi connectivity index (χ1v) is 11.6. The first-order chi connectivity index (χ1) is 8.52. The second kappa shape index (κ2) is 6.39. The second-order valence-electron chi connectivity index (χ2n) is 4.30. The summed E-state index contributed by atoms with van der Waals surface area (Å²) in [6, 6.07) is 0. The van der Waals surface area contributed by atoms with Crippen molar-refractivity contribution in [3.63, 3.8) is 0 Å². The van der Waals surface area contributed by atoms with Gasteiger partial charge in [-0.1, -0.05) is 6.92 Å². The topological polar surface area (TPSA) is 54.4 Å². The second-order valence-corrected chi connectivity index (χ2v) is 11.3. The van der Waals surface area contributed by atoms with Crippen molar-refractivity contribution in [1.29, 1.82) is 0 Å².